The van der Waals surface area contributed by atoms with Crippen LogP contribution in [0.3, 0.4) is 0 Å². The first-order valence-corrected chi connectivity index (χ1v) is 7.32. The first-order chi connectivity index (χ1) is 8.48. The molecule has 0 aromatic carbocycles. The van der Waals surface area contributed by atoms with Crippen molar-refractivity contribution in [1.29, 1.82) is 0 Å². The number of hydrogen-bond acceptors (Lipinski definition) is 4. The lowest BCUT2D eigenvalue weighted by Gasteiger charge is -2.25. The molecule has 0 aliphatic carbocycles. The Morgan fingerprint density at radius 1 is 1.50 bits per heavy atom. The van der Waals surface area contributed by atoms with Crippen molar-refractivity contribution in [2.45, 2.75) is 39.7 Å². The third-order valence-corrected chi connectivity index (χ3v) is 2.52. The molecule has 0 unspecified atom stereocenters. The van der Waals surface area contributed by atoms with Gasteiger partial charge in [0.15, 0.2) is 0 Å². The molecule has 0 atom stereocenters. The van der Waals surface area contributed by atoms with Crippen molar-refractivity contribution in [1.82, 2.24) is 5.32 Å². The minimum Gasteiger partial charge on any atom is -0.481 e. The molecular formula is C13H27NO3S. The number of aliphatic carboxylic acids is 1. The van der Waals surface area contributed by atoms with Crippen molar-refractivity contribution in [3.63, 3.8) is 0 Å². The lowest BCUT2D eigenvalue weighted by molar-refractivity contribution is -0.136. The average Bonchev–Trinajstić information content (AvgIpc) is 2.33. The first kappa shape index (κ1) is 19.8. The van der Waals surface area contributed by atoms with Crippen LogP contribution in [0.2, 0.25) is 0 Å². The van der Waals surface area contributed by atoms with E-state index in [1.807, 2.05) is 27.7 Å². The van der Waals surface area contributed by atoms with Crippen molar-refractivity contribution >= 4 is 17.7 Å². The molecule has 0 aliphatic rings. The van der Waals surface area contributed by atoms with E-state index >= 15 is 0 Å². The monoisotopic (exact) mass is 277 g/mol. The lowest BCUT2D eigenvalue weighted by Crippen LogP contribution is -2.39. The van der Waals surface area contributed by atoms with Crippen molar-refractivity contribution in [2.75, 3.05) is 25.4 Å². The van der Waals surface area contributed by atoms with Gasteiger partial charge in [0.2, 0.25) is 0 Å². The number of thioether (sulfide) groups is 1. The highest BCUT2D eigenvalue weighted by Gasteiger charge is 2.17. The van der Waals surface area contributed by atoms with E-state index in [1.165, 1.54) is 0 Å². The summed E-state index contributed by atoms with van der Waals surface area (Å²) in [5, 5.41) is 13.3. The van der Waals surface area contributed by atoms with Crippen LogP contribution in [0.5, 0.6) is 0 Å². The first-order valence-electron chi connectivity index (χ1n) is 6.27. The Bertz CT molecular complexity index is 220. The van der Waals surface area contributed by atoms with Gasteiger partial charge in [-0.3, -0.25) is 4.79 Å². The second kappa shape index (κ2) is 12.9. The maximum absolute atomic E-state index is 10.3. The maximum Gasteiger partial charge on any atom is 0.304 e. The number of carbonyl (C=O) groups is 1. The molecule has 0 aliphatic heterocycles. The Kier molecular flexibility index (Phi) is 14.2. The predicted octanol–water partition coefficient (Wildman–Crippen LogP) is 2.75. The SMILES string of the molecule is C=CSCCOC(C)(C)CNCCC(=O)O.CC. The van der Waals surface area contributed by atoms with Crippen LogP contribution in [0.4, 0.5) is 0 Å². The smallest absolute Gasteiger partial charge is 0.304 e. The summed E-state index contributed by atoms with van der Waals surface area (Å²) in [5.74, 6) is 0.107. The molecule has 0 saturated carbocycles. The molecule has 0 bridgehead atoms. The van der Waals surface area contributed by atoms with Gasteiger partial charge >= 0.3 is 5.97 Å². The molecule has 0 saturated heterocycles. The molecule has 0 amide bonds. The van der Waals surface area contributed by atoms with Crippen LogP contribution in [0.15, 0.2) is 12.0 Å². The van der Waals surface area contributed by atoms with Gasteiger partial charge in [0.05, 0.1) is 18.6 Å². The molecule has 18 heavy (non-hydrogen) atoms. The van der Waals surface area contributed by atoms with E-state index in [0.29, 0.717) is 19.7 Å². The van der Waals surface area contributed by atoms with Crippen LogP contribution in [-0.4, -0.2) is 42.1 Å². The maximum atomic E-state index is 10.3. The van der Waals surface area contributed by atoms with E-state index in [0.717, 1.165) is 5.75 Å². The molecule has 2 N–H and O–H groups in total. The fraction of sp³-hybridized carbons (Fsp3) is 0.769. The summed E-state index contributed by atoms with van der Waals surface area (Å²) in [6, 6.07) is 0. The summed E-state index contributed by atoms with van der Waals surface area (Å²) < 4.78 is 5.66. The van der Waals surface area contributed by atoms with E-state index in [-0.39, 0.29) is 12.0 Å². The van der Waals surface area contributed by atoms with Gasteiger partial charge in [-0.05, 0) is 19.3 Å². The van der Waals surface area contributed by atoms with Gasteiger partial charge in [0, 0.05) is 18.8 Å². The van der Waals surface area contributed by atoms with E-state index in [1.54, 1.807) is 17.2 Å². The second-order valence-electron chi connectivity index (χ2n) is 3.97. The van der Waals surface area contributed by atoms with Gasteiger partial charge in [-0.1, -0.05) is 20.4 Å². The highest BCUT2D eigenvalue weighted by atomic mass is 32.2. The summed E-state index contributed by atoms with van der Waals surface area (Å²) in [6.45, 7) is 13.4. The fourth-order valence-electron chi connectivity index (χ4n) is 1.09. The zero-order chi connectivity index (χ0) is 14.4. The van der Waals surface area contributed by atoms with Crippen molar-refractivity contribution < 1.29 is 14.6 Å². The van der Waals surface area contributed by atoms with E-state index in [2.05, 4.69) is 11.9 Å². The quantitative estimate of drug-likeness (QED) is 0.601. The Hall–Kier alpha value is -0.520. The summed E-state index contributed by atoms with van der Waals surface area (Å²) >= 11 is 1.62. The van der Waals surface area contributed by atoms with Gasteiger partial charge in [0.25, 0.3) is 0 Å². The summed E-state index contributed by atoms with van der Waals surface area (Å²) in [7, 11) is 0. The third kappa shape index (κ3) is 15.5. The van der Waals surface area contributed by atoms with Gasteiger partial charge < -0.3 is 15.2 Å². The molecule has 0 radical (unpaired) electrons. The summed E-state index contributed by atoms with van der Waals surface area (Å²) in [4.78, 5) is 10.3. The molecule has 0 spiro atoms. The van der Waals surface area contributed by atoms with E-state index in [4.69, 9.17) is 9.84 Å². The Labute approximate surface area is 115 Å². The van der Waals surface area contributed by atoms with Crippen LogP contribution < -0.4 is 5.32 Å². The van der Waals surface area contributed by atoms with Crippen LogP contribution in [0, 0.1) is 0 Å². The van der Waals surface area contributed by atoms with Crippen LogP contribution in [-0.2, 0) is 9.53 Å². The number of carboxylic acids is 1. The number of nitrogens with one attached hydrogen (secondary N) is 1. The third-order valence-electron chi connectivity index (χ3n) is 1.88. The molecule has 0 rings (SSSR count). The van der Waals surface area contributed by atoms with Crippen molar-refractivity contribution in [3.8, 4) is 0 Å². The minimum atomic E-state index is -0.784. The number of ether oxygens (including phenoxy) is 1. The van der Waals surface area contributed by atoms with E-state index < -0.39 is 5.97 Å². The van der Waals surface area contributed by atoms with Crippen LogP contribution >= 0.6 is 11.8 Å². The largest absolute Gasteiger partial charge is 0.481 e. The number of rotatable bonds is 10. The van der Waals surface area contributed by atoms with Crippen molar-refractivity contribution in [3.05, 3.63) is 12.0 Å². The molecule has 0 aromatic heterocycles. The summed E-state index contributed by atoms with van der Waals surface area (Å²) in [5.41, 5.74) is -0.264. The molecule has 108 valence electrons. The molecule has 0 heterocycles. The van der Waals surface area contributed by atoms with Gasteiger partial charge in [-0.25, -0.2) is 0 Å². The molecule has 4 nitrogen and oxygen atoms in total. The number of carboxylic acid groups (broad SMARTS) is 1. The number of hydrogen-bond donors (Lipinski definition) is 2. The summed E-state index contributed by atoms with van der Waals surface area (Å²) in [6.07, 6.45) is 0.141. The predicted molar refractivity (Wildman–Crippen MR) is 79.2 cm³/mol. The Balaban J connectivity index is 0. The Morgan fingerprint density at radius 2 is 2.11 bits per heavy atom. The Morgan fingerprint density at radius 3 is 2.61 bits per heavy atom. The molecule has 0 aromatic rings. The normalized spacial score (nSPS) is 10.4. The zero-order valence-electron chi connectivity index (χ0n) is 12.0. The van der Waals surface area contributed by atoms with E-state index in [9.17, 15) is 4.79 Å². The molecule has 5 heteroatoms. The highest BCUT2D eigenvalue weighted by Crippen LogP contribution is 2.09. The van der Waals surface area contributed by atoms with Crippen LogP contribution in [0.1, 0.15) is 34.1 Å². The van der Waals surface area contributed by atoms with Gasteiger partial charge in [-0.2, -0.15) is 0 Å². The van der Waals surface area contributed by atoms with Crippen molar-refractivity contribution in [2.24, 2.45) is 0 Å². The minimum absolute atomic E-state index is 0.141. The lowest BCUT2D eigenvalue weighted by atomic mass is 10.1. The molecule has 0 fully saturated rings. The zero-order valence-corrected chi connectivity index (χ0v) is 12.8. The second-order valence-corrected chi connectivity index (χ2v) is 5.04. The van der Waals surface area contributed by atoms with Crippen LogP contribution in [0.25, 0.3) is 0 Å². The highest BCUT2D eigenvalue weighted by molar-refractivity contribution is 8.02. The molecular weight excluding hydrogens is 250 g/mol. The van der Waals surface area contributed by atoms with Gasteiger partial charge in [-0.15, -0.1) is 11.8 Å². The fourth-order valence-corrected chi connectivity index (χ4v) is 1.43. The van der Waals surface area contributed by atoms with Gasteiger partial charge in [0.1, 0.15) is 0 Å². The average molecular weight is 277 g/mol. The topological polar surface area (TPSA) is 58.6 Å². The standard InChI is InChI=1S/C11H21NO3S.C2H6/c1-4-16-8-7-15-11(2,3)9-12-6-5-10(13)14;1-2/h4,12H,1,5-9H2,2-3H3,(H,13,14);1-2H3.